The molecule has 7 heteroatoms. The van der Waals surface area contributed by atoms with Crippen LogP contribution in [0.5, 0.6) is 0 Å². The Morgan fingerprint density at radius 2 is 1.79 bits per heavy atom. The number of halogens is 1. The fourth-order valence-corrected chi connectivity index (χ4v) is 2.69. The zero-order chi connectivity index (χ0) is 17.9. The van der Waals surface area contributed by atoms with Crippen molar-refractivity contribution < 1.29 is 14.7 Å². The quantitative estimate of drug-likeness (QED) is 0.790. The monoisotopic (exact) mass is 364 g/mol. The lowest BCUT2D eigenvalue weighted by Gasteiger charge is -2.21. The van der Waals surface area contributed by atoms with E-state index in [0.29, 0.717) is 10.0 Å². The minimum absolute atomic E-state index is 0.173. The van der Waals surface area contributed by atoms with Crippen molar-refractivity contribution in [3.63, 3.8) is 0 Å². The van der Waals surface area contributed by atoms with E-state index in [9.17, 15) is 9.59 Å². The number of hydrogen-bond donors (Lipinski definition) is 2. The molecule has 0 radical (unpaired) electrons. The van der Waals surface area contributed by atoms with Crippen molar-refractivity contribution in [2.75, 3.05) is 6.26 Å². The Morgan fingerprint density at radius 1 is 1.17 bits per heavy atom. The predicted octanol–water partition coefficient (Wildman–Crippen LogP) is 3.72. The van der Waals surface area contributed by atoms with Crippen LogP contribution in [0.25, 0.3) is 11.1 Å². The first kappa shape index (κ1) is 18.3. The second-order valence-electron chi connectivity index (χ2n) is 5.64. The molecule has 2 rings (SSSR count). The highest BCUT2D eigenvalue weighted by atomic mass is 35.5. The first-order valence-electron chi connectivity index (χ1n) is 7.11. The Kier molecular flexibility index (Phi) is 5.51. The van der Waals surface area contributed by atoms with E-state index in [-0.39, 0.29) is 5.69 Å². The molecule has 1 aromatic heterocycles. The number of aromatic nitrogens is 1. The number of carbonyl (C=O) groups excluding carboxylic acids is 1. The molecule has 0 saturated heterocycles. The van der Waals surface area contributed by atoms with Crippen LogP contribution in [0.3, 0.4) is 0 Å². The number of hydrogen-bond acceptors (Lipinski definition) is 4. The smallest absolute Gasteiger partial charge is 0.328 e. The van der Waals surface area contributed by atoms with Gasteiger partial charge in [-0.05, 0) is 49.9 Å². The topological polar surface area (TPSA) is 79.3 Å². The van der Waals surface area contributed by atoms with Crippen molar-refractivity contribution in [3.05, 3.63) is 47.1 Å². The van der Waals surface area contributed by atoms with Gasteiger partial charge in [-0.2, -0.15) is 0 Å². The molecule has 0 bridgehead atoms. The fraction of sp³-hybridized carbons (Fsp3) is 0.235. The second-order valence-corrected chi connectivity index (χ2v) is 6.88. The van der Waals surface area contributed by atoms with Crippen LogP contribution in [-0.4, -0.2) is 33.8 Å². The summed E-state index contributed by atoms with van der Waals surface area (Å²) in [5.74, 6) is -1.64. The largest absolute Gasteiger partial charge is 0.480 e. The molecule has 5 nitrogen and oxygen atoms in total. The maximum Gasteiger partial charge on any atom is 0.328 e. The van der Waals surface area contributed by atoms with Crippen molar-refractivity contribution in [1.29, 1.82) is 0 Å². The molecule has 1 aromatic carbocycles. The van der Waals surface area contributed by atoms with Gasteiger partial charge in [0.25, 0.3) is 5.91 Å². The summed E-state index contributed by atoms with van der Waals surface area (Å²) in [4.78, 5) is 27.7. The normalized spacial score (nSPS) is 11.2. The van der Waals surface area contributed by atoms with E-state index < -0.39 is 17.4 Å². The molecule has 1 amide bonds. The van der Waals surface area contributed by atoms with Gasteiger partial charge in [-0.15, -0.1) is 11.8 Å². The van der Waals surface area contributed by atoms with E-state index >= 15 is 0 Å². The number of benzene rings is 1. The molecule has 0 fully saturated rings. The van der Waals surface area contributed by atoms with Crippen molar-refractivity contribution in [3.8, 4) is 11.1 Å². The maximum atomic E-state index is 12.3. The van der Waals surface area contributed by atoms with E-state index in [1.54, 1.807) is 24.3 Å². The molecule has 0 aliphatic rings. The summed E-state index contributed by atoms with van der Waals surface area (Å²) in [5.41, 5.74) is 0.626. The van der Waals surface area contributed by atoms with Gasteiger partial charge in [-0.1, -0.05) is 23.7 Å². The van der Waals surface area contributed by atoms with Crippen LogP contribution in [-0.2, 0) is 4.79 Å². The second kappa shape index (κ2) is 7.23. The van der Waals surface area contributed by atoms with Crippen molar-refractivity contribution in [2.24, 2.45) is 0 Å². The lowest BCUT2D eigenvalue weighted by atomic mass is 10.1. The van der Waals surface area contributed by atoms with Gasteiger partial charge in [0, 0.05) is 10.6 Å². The van der Waals surface area contributed by atoms with E-state index in [1.807, 2.05) is 18.4 Å². The number of pyridine rings is 1. The standard InChI is InChI=1S/C17H17ClN2O3S/c1-17(2,16(22)23)20-14(21)13-9-8-12(15(19-13)24-3)10-4-6-11(18)7-5-10/h4-9H,1-3H3,(H,20,21)(H,22,23). The van der Waals surface area contributed by atoms with E-state index in [0.717, 1.165) is 11.1 Å². The Morgan fingerprint density at radius 3 is 2.33 bits per heavy atom. The molecular weight excluding hydrogens is 348 g/mol. The molecule has 0 aliphatic heterocycles. The van der Waals surface area contributed by atoms with Crippen LogP contribution >= 0.6 is 23.4 Å². The number of thioether (sulfide) groups is 1. The summed E-state index contributed by atoms with van der Waals surface area (Å²) in [5, 5.41) is 12.9. The van der Waals surface area contributed by atoms with Gasteiger partial charge in [0.1, 0.15) is 16.3 Å². The van der Waals surface area contributed by atoms with Crippen LogP contribution in [0, 0.1) is 0 Å². The summed E-state index contributed by atoms with van der Waals surface area (Å²) >= 11 is 7.31. The molecule has 0 unspecified atom stereocenters. The van der Waals surface area contributed by atoms with Gasteiger partial charge in [0.05, 0.1) is 0 Å². The number of carboxylic acid groups (broad SMARTS) is 1. The van der Waals surface area contributed by atoms with E-state index in [1.165, 1.54) is 25.6 Å². The third-order valence-corrected chi connectivity index (χ3v) is 4.35. The summed E-state index contributed by atoms with van der Waals surface area (Å²) in [6.45, 7) is 2.84. The zero-order valence-electron chi connectivity index (χ0n) is 13.5. The Balaban J connectivity index is 2.33. The molecule has 2 N–H and O–H groups in total. The molecule has 0 atom stereocenters. The predicted molar refractivity (Wildman–Crippen MR) is 95.6 cm³/mol. The summed E-state index contributed by atoms with van der Waals surface area (Å²) < 4.78 is 0. The van der Waals surface area contributed by atoms with Gasteiger partial charge < -0.3 is 10.4 Å². The molecule has 24 heavy (non-hydrogen) atoms. The van der Waals surface area contributed by atoms with Crippen LogP contribution in [0.1, 0.15) is 24.3 Å². The SMILES string of the molecule is CSc1nc(C(=O)NC(C)(C)C(=O)O)ccc1-c1ccc(Cl)cc1. The first-order chi connectivity index (χ1) is 11.2. The minimum Gasteiger partial charge on any atom is -0.480 e. The Hall–Kier alpha value is -2.05. The van der Waals surface area contributed by atoms with E-state index in [4.69, 9.17) is 16.7 Å². The Bertz CT molecular complexity index is 776. The highest BCUT2D eigenvalue weighted by molar-refractivity contribution is 7.98. The number of carboxylic acids is 1. The number of rotatable bonds is 5. The van der Waals surface area contributed by atoms with Crippen LogP contribution in [0.15, 0.2) is 41.4 Å². The summed E-state index contributed by atoms with van der Waals surface area (Å²) in [6.07, 6.45) is 1.87. The van der Waals surface area contributed by atoms with Crippen molar-refractivity contribution in [2.45, 2.75) is 24.4 Å². The molecule has 0 aliphatic carbocycles. The van der Waals surface area contributed by atoms with Crippen molar-refractivity contribution in [1.82, 2.24) is 10.3 Å². The number of nitrogens with one attached hydrogen (secondary N) is 1. The first-order valence-corrected chi connectivity index (χ1v) is 8.72. The Labute approximate surface area is 149 Å². The third-order valence-electron chi connectivity index (χ3n) is 3.40. The fourth-order valence-electron chi connectivity index (χ4n) is 1.97. The van der Waals surface area contributed by atoms with Crippen LogP contribution in [0.4, 0.5) is 0 Å². The molecule has 2 aromatic rings. The number of nitrogens with zero attached hydrogens (tertiary/aromatic N) is 1. The molecule has 126 valence electrons. The number of carbonyl (C=O) groups is 2. The molecule has 0 spiro atoms. The average Bonchev–Trinajstić information content (AvgIpc) is 2.54. The maximum absolute atomic E-state index is 12.3. The van der Waals surface area contributed by atoms with E-state index in [2.05, 4.69) is 10.3 Å². The van der Waals surface area contributed by atoms with Gasteiger partial charge in [0.15, 0.2) is 0 Å². The number of aliphatic carboxylic acids is 1. The van der Waals surface area contributed by atoms with Gasteiger partial charge in [-0.25, -0.2) is 9.78 Å². The highest BCUT2D eigenvalue weighted by Gasteiger charge is 2.29. The zero-order valence-corrected chi connectivity index (χ0v) is 15.0. The van der Waals surface area contributed by atoms with Gasteiger partial charge in [-0.3, -0.25) is 4.79 Å². The minimum atomic E-state index is -1.37. The van der Waals surface area contributed by atoms with Crippen LogP contribution < -0.4 is 5.32 Å². The lowest BCUT2D eigenvalue weighted by molar-refractivity contribution is -0.143. The van der Waals surface area contributed by atoms with Gasteiger partial charge in [0.2, 0.25) is 0 Å². The lowest BCUT2D eigenvalue weighted by Crippen LogP contribution is -2.49. The molecule has 1 heterocycles. The van der Waals surface area contributed by atoms with Crippen LogP contribution in [0.2, 0.25) is 5.02 Å². The van der Waals surface area contributed by atoms with Gasteiger partial charge >= 0.3 is 5.97 Å². The number of amides is 1. The van der Waals surface area contributed by atoms with Crippen molar-refractivity contribution >= 4 is 35.2 Å². The summed E-state index contributed by atoms with van der Waals surface area (Å²) in [7, 11) is 0. The highest BCUT2D eigenvalue weighted by Crippen LogP contribution is 2.29. The average molecular weight is 365 g/mol. The molecular formula is C17H17ClN2O3S. The molecule has 0 saturated carbocycles. The third kappa shape index (κ3) is 4.07. The summed E-state index contributed by atoms with van der Waals surface area (Å²) in [6, 6.07) is 10.7.